The summed E-state index contributed by atoms with van der Waals surface area (Å²) in [4.78, 5) is 13.3. The average Bonchev–Trinajstić information content (AvgIpc) is 3.17. The zero-order valence-electron chi connectivity index (χ0n) is 10.5. The number of nitrogens with two attached hydrogens (primary N) is 1. The summed E-state index contributed by atoms with van der Waals surface area (Å²) >= 11 is 1.46. The molecule has 0 spiro atoms. The molecule has 1 atom stereocenters. The highest BCUT2D eigenvalue weighted by Crippen LogP contribution is 2.21. The first kappa shape index (κ1) is 12.7. The van der Waals surface area contributed by atoms with Crippen LogP contribution in [-0.4, -0.2) is 20.8 Å². The summed E-state index contributed by atoms with van der Waals surface area (Å²) in [6, 6.07) is 12.4. The van der Waals surface area contributed by atoms with Crippen LogP contribution < -0.4 is 5.73 Å². The van der Waals surface area contributed by atoms with E-state index in [2.05, 4.69) is 10.3 Å². The molecule has 2 heterocycles. The number of carbonyl (C=O) groups is 1. The molecule has 0 aliphatic heterocycles. The minimum Gasteiger partial charge on any atom is -0.317 e. The molecule has 0 amide bonds. The van der Waals surface area contributed by atoms with E-state index in [0.29, 0.717) is 5.69 Å². The predicted molar refractivity (Wildman–Crippen MR) is 76.9 cm³/mol. The van der Waals surface area contributed by atoms with Crippen molar-refractivity contribution in [1.82, 2.24) is 15.0 Å². The van der Waals surface area contributed by atoms with Crippen LogP contribution in [0.25, 0.3) is 5.69 Å². The topological polar surface area (TPSA) is 73.8 Å². The Kier molecular flexibility index (Phi) is 3.41. The minimum absolute atomic E-state index is 0.193. The Bertz CT molecular complexity index is 706. The normalized spacial score (nSPS) is 12.2. The smallest absolute Gasteiger partial charge is 0.204 e. The molecule has 5 nitrogen and oxygen atoms in total. The quantitative estimate of drug-likeness (QED) is 0.745. The van der Waals surface area contributed by atoms with Crippen molar-refractivity contribution in [3.63, 3.8) is 0 Å². The van der Waals surface area contributed by atoms with Gasteiger partial charge in [-0.05, 0) is 23.6 Å². The lowest BCUT2D eigenvalue weighted by molar-refractivity contribution is 0.0955. The third kappa shape index (κ3) is 2.26. The number of para-hydroxylation sites is 1. The molecule has 0 radical (unpaired) electrons. The van der Waals surface area contributed by atoms with E-state index in [1.54, 1.807) is 0 Å². The molecular weight excluding hydrogens is 272 g/mol. The second-order valence-corrected chi connectivity index (χ2v) is 5.20. The van der Waals surface area contributed by atoms with Gasteiger partial charge in [-0.1, -0.05) is 29.5 Å². The van der Waals surface area contributed by atoms with Crippen LogP contribution in [0.2, 0.25) is 0 Å². The van der Waals surface area contributed by atoms with Crippen LogP contribution >= 0.6 is 11.3 Å². The van der Waals surface area contributed by atoms with Gasteiger partial charge in [0.15, 0.2) is 0 Å². The molecule has 6 heteroatoms. The maximum atomic E-state index is 12.5. The Labute approximate surface area is 119 Å². The summed E-state index contributed by atoms with van der Waals surface area (Å²) in [5, 5.41) is 9.69. The number of hydrogen-bond donors (Lipinski definition) is 1. The Morgan fingerprint density at radius 1 is 1.20 bits per heavy atom. The second-order valence-electron chi connectivity index (χ2n) is 4.22. The van der Waals surface area contributed by atoms with Gasteiger partial charge in [-0.25, -0.2) is 4.68 Å². The van der Waals surface area contributed by atoms with Crippen molar-refractivity contribution in [1.29, 1.82) is 0 Å². The highest BCUT2D eigenvalue weighted by atomic mass is 32.1. The Morgan fingerprint density at radius 3 is 2.70 bits per heavy atom. The zero-order chi connectivity index (χ0) is 13.9. The predicted octanol–water partition coefficient (Wildman–Crippen LogP) is 2.21. The number of Topliss-reactive ketones (excluding diaryl/α,β-unsaturated/α-hetero) is 1. The molecule has 0 fully saturated rings. The van der Waals surface area contributed by atoms with Crippen LogP contribution in [0.3, 0.4) is 0 Å². The lowest BCUT2D eigenvalue weighted by Gasteiger charge is -2.09. The monoisotopic (exact) mass is 284 g/mol. The molecule has 0 aliphatic rings. The number of rotatable bonds is 4. The summed E-state index contributed by atoms with van der Waals surface area (Å²) in [7, 11) is 0. The van der Waals surface area contributed by atoms with E-state index >= 15 is 0 Å². The molecule has 20 heavy (non-hydrogen) atoms. The van der Waals surface area contributed by atoms with E-state index in [1.165, 1.54) is 22.2 Å². The van der Waals surface area contributed by atoms with E-state index in [4.69, 9.17) is 5.73 Å². The van der Waals surface area contributed by atoms with Crippen LogP contribution in [0.5, 0.6) is 0 Å². The van der Waals surface area contributed by atoms with Crippen molar-refractivity contribution >= 4 is 17.1 Å². The van der Waals surface area contributed by atoms with Crippen LogP contribution in [0, 0.1) is 0 Å². The molecular formula is C14H12N4OS. The SMILES string of the molecule is NC(C(=O)c1cnnn1-c1ccccc1)c1cccs1. The Hall–Kier alpha value is -2.31. The molecule has 0 aliphatic carbocycles. The van der Waals surface area contributed by atoms with Crippen molar-refractivity contribution in [2.24, 2.45) is 5.73 Å². The van der Waals surface area contributed by atoms with Gasteiger partial charge in [-0.2, -0.15) is 0 Å². The van der Waals surface area contributed by atoms with Gasteiger partial charge in [0.05, 0.1) is 11.9 Å². The maximum Gasteiger partial charge on any atom is 0.204 e. The Morgan fingerprint density at radius 2 is 2.00 bits per heavy atom. The Balaban J connectivity index is 1.96. The standard InChI is InChI=1S/C14H12N4OS/c15-13(12-7-4-8-20-12)14(19)11-9-16-17-18(11)10-5-2-1-3-6-10/h1-9,13H,15H2. The largest absolute Gasteiger partial charge is 0.317 e. The number of carbonyl (C=O) groups excluding carboxylic acids is 1. The first-order chi connectivity index (χ1) is 9.77. The highest BCUT2D eigenvalue weighted by molar-refractivity contribution is 7.10. The summed E-state index contributed by atoms with van der Waals surface area (Å²) < 4.78 is 1.51. The van der Waals surface area contributed by atoms with E-state index in [9.17, 15) is 4.79 Å². The van der Waals surface area contributed by atoms with Crippen LogP contribution in [0.4, 0.5) is 0 Å². The molecule has 1 aromatic carbocycles. The van der Waals surface area contributed by atoms with Crippen molar-refractivity contribution in [2.75, 3.05) is 0 Å². The van der Waals surface area contributed by atoms with Gasteiger partial charge in [0, 0.05) is 4.88 Å². The van der Waals surface area contributed by atoms with Crippen molar-refractivity contribution in [3.05, 3.63) is 64.6 Å². The molecule has 0 bridgehead atoms. The third-order valence-electron chi connectivity index (χ3n) is 2.93. The number of thiophene rings is 1. The fraction of sp³-hybridized carbons (Fsp3) is 0.0714. The third-order valence-corrected chi connectivity index (χ3v) is 3.89. The molecule has 2 aromatic heterocycles. The van der Waals surface area contributed by atoms with Gasteiger partial charge in [0.1, 0.15) is 11.7 Å². The van der Waals surface area contributed by atoms with Gasteiger partial charge < -0.3 is 5.73 Å². The van der Waals surface area contributed by atoms with Crippen LogP contribution in [0.15, 0.2) is 54.0 Å². The van der Waals surface area contributed by atoms with E-state index in [-0.39, 0.29) is 5.78 Å². The van der Waals surface area contributed by atoms with E-state index in [1.807, 2.05) is 47.8 Å². The number of hydrogen-bond acceptors (Lipinski definition) is 5. The molecule has 0 saturated heterocycles. The molecule has 3 aromatic rings. The minimum atomic E-state index is -0.684. The highest BCUT2D eigenvalue weighted by Gasteiger charge is 2.23. The summed E-state index contributed by atoms with van der Waals surface area (Å²) in [6.07, 6.45) is 1.45. The van der Waals surface area contributed by atoms with E-state index in [0.717, 1.165) is 10.6 Å². The average molecular weight is 284 g/mol. The number of aromatic nitrogens is 3. The number of nitrogens with zero attached hydrogens (tertiary/aromatic N) is 3. The summed E-state index contributed by atoms with van der Waals surface area (Å²) in [5.74, 6) is -0.193. The van der Waals surface area contributed by atoms with Crippen molar-refractivity contribution < 1.29 is 4.79 Å². The van der Waals surface area contributed by atoms with Gasteiger partial charge in [-0.3, -0.25) is 4.79 Å². The lowest BCUT2D eigenvalue weighted by Crippen LogP contribution is -2.23. The van der Waals surface area contributed by atoms with Gasteiger partial charge >= 0.3 is 0 Å². The number of ketones is 1. The molecule has 2 N–H and O–H groups in total. The van der Waals surface area contributed by atoms with Crippen molar-refractivity contribution in [2.45, 2.75) is 6.04 Å². The van der Waals surface area contributed by atoms with Gasteiger partial charge in [-0.15, -0.1) is 16.4 Å². The van der Waals surface area contributed by atoms with E-state index < -0.39 is 6.04 Å². The molecule has 100 valence electrons. The second kappa shape index (κ2) is 5.36. The summed E-state index contributed by atoms with van der Waals surface area (Å²) in [6.45, 7) is 0. The van der Waals surface area contributed by atoms with Gasteiger partial charge in [0.2, 0.25) is 5.78 Å². The zero-order valence-corrected chi connectivity index (χ0v) is 11.3. The fourth-order valence-electron chi connectivity index (χ4n) is 1.92. The maximum absolute atomic E-state index is 12.5. The molecule has 1 unspecified atom stereocenters. The first-order valence-corrected chi connectivity index (χ1v) is 6.94. The fourth-order valence-corrected chi connectivity index (χ4v) is 2.64. The lowest BCUT2D eigenvalue weighted by atomic mass is 10.1. The molecule has 3 rings (SSSR count). The molecule has 0 saturated carbocycles. The van der Waals surface area contributed by atoms with Crippen molar-refractivity contribution in [3.8, 4) is 5.69 Å². The number of benzene rings is 1. The van der Waals surface area contributed by atoms with Crippen LogP contribution in [0.1, 0.15) is 21.4 Å². The summed E-state index contributed by atoms with van der Waals surface area (Å²) in [5.41, 5.74) is 7.18. The van der Waals surface area contributed by atoms with Gasteiger partial charge in [0.25, 0.3) is 0 Å². The van der Waals surface area contributed by atoms with Crippen LogP contribution in [-0.2, 0) is 0 Å². The first-order valence-electron chi connectivity index (χ1n) is 6.06.